The van der Waals surface area contributed by atoms with Gasteiger partial charge in [-0.2, -0.15) is 13.2 Å². The topological polar surface area (TPSA) is 72.8 Å². The summed E-state index contributed by atoms with van der Waals surface area (Å²) in [5.41, 5.74) is -2.23. The van der Waals surface area contributed by atoms with E-state index in [1.807, 2.05) is 26.0 Å². The lowest BCUT2D eigenvalue weighted by atomic mass is 9.74. The molecule has 0 radical (unpaired) electrons. The smallest absolute Gasteiger partial charge is 0.379 e. The lowest BCUT2D eigenvalue weighted by Crippen LogP contribution is -2.53. The molecule has 0 unspecified atom stereocenters. The molecule has 1 saturated heterocycles. The third-order valence-electron chi connectivity index (χ3n) is 7.42. The standard InChI is InChI=1S/C24H32F3N3O4/c1-15(2)23(6-4-17(12-23)28-19-5-9-34-14-20(19)33-3)22(32)29-7-8-30-18(13-29)10-16(11-21(30)31)24(25,26)27/h4,6,10-11,15,17,19-20,28H,5,7-9,12-14H2,1-3H3/t17-,19+,20-,23+/m1/s1. The lowest BCUT2D eigenvalue weighted by molar-refractivity contribution is -0.143. The van der Waals surface area contributed by atoms with E-state index in [2.05, 4.69) is 5.32 Å². The minimum atomic E-state index is -4.61. The number of methoxy groups -OCH3 is 1. The number of pyridine rings is 1. The molecular formula is C24H32F3N3O4. The van der Waals surface area contributed by atoms with E-state index in [4.69, 9.17) is 9.47 Å². The molecule has 1 amide bonds. The second-order valence-corrected chi connectivity index (χ2v) is 9.73. The van der Waals surface area contributed by atoms with E-state index in [1.165, 1.54) is 4.57 Å². The Morgan fingerprint density at radius 2 is 2.06 bits per heavy atom. The van der Waals surface area contributed by atoms with Crippen LogP contribution in [0, 0.1) is 11.3 Å². The molecule has 1 fully saturated rings. The van der Waals surface area contributed by atoms with Crippen molar-refractivity contribution in [2.24, 2.45) is 11.3 Å². The number of rotatable bonds is 5. The summed E-state index contributed by atoms with van der Waals surface area (Å²) in [6.07, 6.45) is 0.661. The van der Waals surface area contributed by atoms with Crippen molar-refractivity contribution in [2.75, 3.05) is 26.9 Å². The number of carbonyl (C=O) groups excluding carboxylic acids is 1. The predicted octanol–water partition coefficient (Wildman–Crippen LogP) is 2.57. The minimum absolute atomic E-state index is 0.0124. The van der Waals surface area contributed by atoms with Gasteiger partial charge >= 0.3 is 6.18 Å². The normalized spacial score (nSPS) is 29.5. The highest BCUT2D eigenvalue weighted by atomic mass is 19.4. The van der Waals surface area contributed by atoms with E-state index in [-0.39, 0.29) is 55.3 Å². The maximum atomic E-state index is 13.8. The molecule has 1 N–H and O–H groups in total. The first-order chi connectivity index (χ1) is 16.0. The van der Waals surface area contributed by atoms with Crippen molar-refractivity contribution < 1.29 is 27.4 Å². The van der Waals surface area contributed by atoms with Crippen LogP contribution in [0.1, 0.15) is 37.9 Å². The molecule has 7 nitrogen and oxygen atoms in total. The quantitative estimate of drug-likeness (QED) is 0.652. The molecule has 1 aliphatic carbocycles. The maximum Gasteiger partial charge on any atom is 0.416 e. The van der Waals surface area contributed by atoms with Crippen LogP contribution in [-0.2, 0) is 33.5 Å². The van der Waals surface area contributed by atoms with Crippen molar-refractivity contribution >= 4 is 5.91 Å². The van der Waals surface area contributed by atoms with Crippen LogP contribution in [0.5, 0.6) is 0 Å². The average molecular weight is 484 g/mol. The van der Waals surface area contributed by atoms with E-state index >= 15 is 0 Å². The summed E-state index contributed by atoms with van der Waals surface area (Å²) in [6, 6.07) is 1.69. The number of nitrogens with zero attached hydrogens (tertiary/aromatic N) is 2. The number of hydrogen-bond acceptors (Lipinski definition) is 5. The summed E-state index contributed by atoms with van der Waals surface area (Å²) in [5.74, 6) is -0.129. The molecular weight excluding hydrogens is 451 g/mol. The average Bonchev–Trinajstić information content (AvgIpc) is 3.23. The lowest BCUT2D eigenvalue weighted by Gasteiger charge is -2.40. The highest BCUT2D eigenvalue weighted by Crippen LogP contribution is 2.42. The molecule has 188 valence electrons. The fraction of sp³-hybridized carbons (Fsp3) is 0.667. The molecule has 0 bridgehead atoms. The fourth-order valence-corrected chi connectivity index (χ4v) is 5.31. The van der Waals surface area contributed by atoms with Crippen molar-refractivity contribution in [3.8, 4) is 0 Å². The maximum absolute atomic E-state index is 13.8. The van der Waals surface area contributed by atoms with Crippen LogP contribution in [0.4, 0.5) is 13.2 Å². The van der Waals surface area contributed by atoms with Crippen molar-refractivity contribution in [3.63, 3.8) is 0 Å². The molecule has 0 aromatic carbocycles. The largest absolute Gasteiger partial charge is 0.416 e. The highest BCUT2D eigenvalue weighted by molar-refractivity contribution is 5.86. The number of ether oxygens (including phenoxy) is 2. The van der Waals surface area contributed by atoms with Gasteiger partial charge in [0.1, 0.15) is 0 Å². The number of hydrogen-bond donors (Lipinski definition) is 1. The number of nitrogens with one attached hydrogen (secondary N) is 1. The minimum Gasteiger partial charge on any atom is -0.379 e. The zero-order valence-electron chi connectivity index (χ0n) is 19.7. The zero-order valence-corrected chi connectivity index (χ0v) is 19.7. The van der Waals surface area contributed by atoms with Gasteiger partial charge in [0, 0.05) is 50.7 Å². The van der Waals surface area contributed by atoms with Gasteiger partial charge in [0.2, 0.25) is 5.91 Å². The molecule has 10 heteroatoms. The molecule has 1 aromatic heterocycles. The summed E-state index contributed by atoms with van der Waals surface area (Å²) in [6.45, 7) is 5.57. The molecule has 3 aliphatic rings. The van der Waals surface area contributed by atoms with Crippen LogP contribution in [0.3, 0.4) is 0 Å². The Bertz CT molecular complexity index is 1010. The number of carbonyl (C=O) groups is 1. The van der Waals surface area contributed by atoms with Crippen LogP contribution in [0.25, 0.3) is 0 Å². The van der Waals surface area contributed by atoms with Gasteiger partial charge in [0.05, 0.1) is 30.2 Å². The van der Waals surface area contributed by atoms with Gasteiger partial charge in [-0.15, -0.1) is 0 Å². The SMILES string of the molecule is CO[C@@H]1COCC[C@@H]1N[C@@H]1C=C[C@@](C(=O)N2CCn3c(cc(C(F)(F)F)cc3=O)C2)(C(C)C)C1. The van der Waals surface area contributed by atoms with Crippen LogP contribution in [0.15, 0.2) is 29.1 Å². The van der Waals surface area contributed by atoms with Gasteiger partial charge < -0.3 is 24.3 Å². The first-order valence-corrected chi connectivity index (χ1v) is 11.7. The van der Waals surface area contributed by atoms with E-state index in [1.54, 1.807) is 12.0 Å². The predicted molar refractivity (Wildman–Crippen MR) is 119 cm³/mol. The second kappa shape index (κ2) is 9.47. The molecule has 1 aromatic rings. The van der Waals surface area contributed by atoms with E-state index in [0.29, 0.717) is 25.7 Å². The van der Waals surface area contributed by atoms with Crippen molar-refractivity contribution in [3.05, 3.63) is 45.9 Å². The first-order valence-electron chi connectivity index (χ1n) is 11.7. The third kappa shape index (κ3) is 4.67. The molecule has 34 heavy (non-hydrogen) atoms. The van der Waals surface area contributed by atoms with Gasteiger partial charge in [-0.3, -0.25) is 9.59 Å². The number of halogens is 3. The van der Waals surface area contributed by atoms with Gasteiger partial charge in [-0.1, -0.05) is 26.0 Å². The monoisotopic (exact) mass is 483 g/mol. The second-order valence-electron chi connectivity index (χ2n) is 9.73. The highest BCUT2D eigenvalue weighted by Gasteiger charge is 2.47. The Balaban J connectivity index is 1.52. The first kappa shape index (κ1) is 24.9. The van der Waals surface area contributed by atoms with E-state index in [9.17, 15) is 22.8 Å². The Morgan fingerprint density at radius 1 is 1.29 bits per heavy atom. The molecule has 4 atom stereocenters. The summed E-state index contributed by atoms with van der Waals surface area (Å²) >= 11 is 0. The fourth-order valence-electron chi connectivity index (χ4n) is 5.31. The molecule has 0 saturated carbocycles. The Morgan fingerprint density at radius 3 is 2.74 bits per heavy atom. The van der Waals surface area contributed by atoms with E-state index < -0.39 is 22.7 Å². The summed E-state index contributed by atoms with van der Waals surface area (Å²) in [4.78, 5) is 27.6. The van der Waals surface area contributed by atoms with Crippen molar-refractivity contribution in [1.82, 2.24) is 14.8 Å². The molecule has 0 spiro atoms. The van der Waals surface area contributed by atoms with Gasteiger partial charge in [-0.25, -0.2) is 0 Å². The van der Waals surface area contributed by atoms with Crippen LogP contribution in [-0.4, -0.2) is 60.4 Å². The summed E-state index contributed by atoms with van der Waals surface area (Å²) in [5, 5.41) is 3.60. The molecule has 2 aliphatic heterocycles. The summed E-state index contributed by atoms with van der Waals surface area (Å²) in [7, 11) is 1.66. The van der Waals surface area contributed by atoms with Crippen LogP contribution < -0.4 is 10.9 Å². The van der Waals surface area contributed by atoms with E-state index in [0.717, 1.165) is 12.5 Å². The zero-order chi connectivity index (χ0) is 24.7. The van der Waals surface area contributed by atoms with Gasteiger partial charge in [-0.05, 0) is 24.8 Å². The van der Waals surface area contributed by atoms with Crippen molar-refractivity contribution in [1.29, 1.82) is 0 Å². The van der Waals surface area contributed by atoms with Gasteiger partial charge in [0.15, 0.2) is 0 Å². The number of alkyl halides is 3. The molecule has 4 rings (SSSR count). The Labute approximate surface area is 196 Å². The Kier molecular flexibility index (Phi) is 6.94. The molecule has 3 heterocycles. The summed E-state index contributed by atoms with van der Waals surface area (Å²) < 4.78 is 52.1. The number of amides is 1. The van der Waals surface area contributed by atoms with Gasteiger partial charge in [0.25, 0.3) is 5.56 Å². The van der Waals surface area contributed by atoms with Crippen LogP contribution >= 0.6 is 0 Å². The number of fused-ring (bicyclic) bond motifs is 1. The Hall–Kier alpha value is -2.17. The number of aromatic nitrogens is 1. The third-order valence-corrected chi connectivity index (χ3v) is 7.42. The van der Waals surface area contributed by atoms with Crippen LogP contribution in [0.2, 0.25) is 0 Å². The van der Waals surface area contributed by atoms with Crippen molar-refractivity contribution in [2.45, 2.75) is 64.1 Å².